The van der Waals surface area contributed by atoms with E-state index in [-0.39, 0.29) is 33.4 Å². The van der Waals surface area contributed by atoms with Crippen molar-refractivity contribution in [1.82, 2.24) is 5.32 Å². The summed E-state index contributed by atoms with van der Waals surface area (Å²) in [4.78, 5) is 24.0. The van der Waals surface area contributed by atoms with Crippen LogP contribution in [0.4, 0.5) is 0 Å². The summed E-state index contributed by atoms with van der Waals surface area (Å²) in [6.07, 6.45) is 2.23. The molecule has 0 fully saturated rings. The molecular formula is C20H39NO2. The summed E-state index contributed by atoms with van der Waals surface area (Å²) >= 11 is 0. The topological polar surface area (TPSA) is 46.2 Å². The second-order valence-electron chi connectivity index (χ2n) is 10.6. The zero-order valence-corrected chi connectivity index (χ0v) is 17.1. The van der Waals surface area contributed by atoms with Crippen molar-refractivity contribution >= 4 is 11.7 Å². The summed E-state index contributed by atoms with van der Waals surface area (Å²) in [6.45, 7) is 21.4. The third-order valence-corrected chi connectivity index (χ3v) is 4.29. The van der Waals surface area contributed by atoms with E-state index in [1.165, 1.54) is 0 Å². The zero-order valence-electron chi connectivity index (χ0n) is 17.1. The maximum atomic E-state index is 12.3. The van der Waals surface area contributed by atoms with Gasteiger partial charge in [0.25, 0.3) is 0 Å². The van der Waals surface area contributed by atoms with Crippen LogP contribution in [0.2, 0.25) is 0 Å². The van der Waals surface area contributed by atoms with Crippen molar-refractivity contribution in [2.75, 3.05) is 6.54 Å². The van der Waals surface area contributed by atoms with Gasteiger partial charge in [-0.05, 0) is 36.0 Å². The van der Waals surface area contributed by atoms with Crippen molar-refractivity contribution in [2.24, 2.45) is 21.7 Å². The Bertz CT molecular complexity index is 425. The summed E-state index contributed by atoms with van der Waals surface area (Å²) in [6, 6.07) is 0. The Morgan fingerprint density at radius 1 is 0.783 bits per heavy atom. The minimum atomic E-state index is -0.380. The van der Waals surface area contributed by atoms with Crippen molar-refractivity contribution in [1.29, 1.82) is 0 Å². The fraction of sp³-hybridized carbons (Fsp3) is 0.900. The molecule has 0 bridgehead atoms. The van der Waals surface area contributed by atoms with E-state index in [0.717, 1.165) is 6.42 Å². The van der Waals surface area contributed by atoms with Crippen LogP contribution in [0.15, 0.2) is 0 Å². The second-order valence-corrected chi connectivity index (χ2v) is 10.6. The van der Waals surface area contributed by atoms with Gasteiger partial charge in [0.2, 0.25) is 5.91 Å². The van der Waals surface area contributed by atoms with Crippen LogP contribution in [-0.2, 0) is 9.59 Å². The molecule has 0 rings (SSSR count). The van der Waals surface area contributed by atoms with Crippen molar-refractivity contribution < 1.29 is 9.59 Å². The van der Waals surface area contributed by atoms with Crippen LogP contribution < -0.4 is 5.32 Å². The first-order valence-electron chi connectivity index (χ1n) is 8.74. The summed E-state index contributed by atoms with van der Waals surface area (Å²) in [7, 11) is 0. The van der Waals surface area contributed by atoms with Gasteiger partial charge >= 0.3 is 0 Å². The minimum absolute atomic E-state index is 0.0799. The number of rotatable bonds is 8. The van der Waals surface area contributed by atoms with Crippen molar-refractivity contribution in [3.63, 3.8) is 0 Å². The highest BCUT2D eigenvalue weighted by Gasteiger charge is 2.34. The molecule has 0 unspecified atom stereocenters. The molecule has 136 valence electrons. The predicted molar refractivity (Wildman–Crippen MR) is 98.3 cm³/mol. The van der Waals surface area contributed by atoms with Gasteiger partial charge < -0.3 is 5.32 Å². The highest BCUT2D eigenvalue weighted by molar-refractivity contribution is 5.82. The summed E-state index contributed by atoms with van der Waals surface area (Å²) < 4.78 is 0. The number of hydrogen-bond donors (Lipinski definition) is 1. The van der Waals surface area contributed by atoms with Gasteiger partial charge in [0.1, 0.15) is 5.78 Å². The van der Waals surface area contributed by atoms with E-state index in [1.807, 2.05) is 13.8 Å². The lowest BCUT2D eigenvalue weighted by atomic mass is 9.71. The summed E-state index contributed by atoms with van der Waals surface area (Å²) in [5, 5.41) is 3.09. The largest absolute Gasteiger partial charge is 0.356 e. The molecule has 0 aliphatic carbocycles. The van der Waals surface area contributed by atoms with Crippen LogP contribution in [0.25, 0.3) is 0 Å². The van der Waals surface area contributed by atoms with Gasteiger partial charge in [0.15, 0.2) is 0 Å². The Hall–Kier alpha value is -0.860. The number of ketones is 1. The average Bonchev–Trinajstić information content (AvgIpc) is 2.20. The monoisotopic (exact) mass is 325 g/mol. The van der Waals surface area contributed by atoms with E-state index in [2.05, 4.69) is 53.8 Å². The van der Waals surface area contributed by atoms with Gasteiger partial charge in [-0.2, -0.15) is 0 Å². The fourth-order valence-electron chi connectivity index (χ4n) is 3.72. The highest BCUT2D eigenvalue weighted by atomic mass is 16.1. The second kappa shape index (κ2) is 7.36. The van der Waals surface area contributed by atoms with E-state index in [4.69, 9.17) is 0 Å². The van der Waals surface area contributed by atoms with Crippen molar-refractivity contribution in [2.45, 2.75) is 88.5 Å². The molecule has 0 heterocycles. The van der Waals surface area contributed by atoms with Gasteiger partial charge in [0.05, 0.1) is 0 Å². The molecule has 0 aliphatic rings. The normalized spacial score (nSPS) is 13.8. The number of carbonyl (C=O) groups excluding carboxylic acids is 2. The quantitative estimate of drug-likeness (QED) is 0.683. The van der Waals surface area contributed by atoms with E-state index < -0.39 is 0 Å². The molecule has 0 saturated heterocycles. The SMILES string of the molecule is CC(=O)C(C)(C)CC(C)(C)CC(=O)NCC(C)(C)CC(C)(C)C. The van der Waals surface area contributed by atoms with Crippen molar-refractivity contribution in [3.8, 4) is 0 Å². The molecule has 0 aromatic carbocycles. The number of amides is 1. The molecular weight excluding hydrogens is 286 g/mol. The molecule has 3 nitrogen and oxygen atoms in total. The number of hydrogen-bond acceptors (Lipinski definition) is 2. The number of nitrogens with one attached hydrogen (secondary N) is 1. The van der Waals surface area contributed by atoms with E-state index in [0.29, 0.717) is 19.4 Å². The smallest absolute Gasteiger partial charge is 0.220 e. The predicted octanol–water partition coefficient (Wildman–Crippen LogP) is 4.99. The van der Waals surface area contributed by atoms with Gasteiger partial charge in [-0.3, -0.25) is 9.59 Å². The Morgan fingerprint density at radius 3 is 1.65 bits per heavy atom. The number of carbonyl (C=O) groups is 2. The molecule has 0 atom stereocenters. The first-order valence-corrected chi connectivity index (χ1v) is 8.74. The Balaban J connectivity index is 4.57. The first-order chi connectivity index (χ1) is 9.96. The third kappa shape index (κ3) is 9.78. The van der Waals surface area contributed by atoms with Crippen LogP contribution in [0, 0.1) is 21.7 Å². The van der Waals surface area contributed by atoms with E-state index in [9.17, 15) is 9.59 Å². The molecule has 3 heteroatoms. The standard InChI is InChI=1S/C20H39NO2/c1-15(22)20(9,10)13-18(5,6)11-16(23)21-14-19(7,8)12-17(2,3)4/h11-14H2,1-10H3,(H,21,23). The van der Waals surface area contributed by atoms with Gasteiger partial charge in [-0.1, -0.05) is 62.3 Å². The molecule has 0 aromatic rings. The van der Waals surface area contributed by atoms with E-state index in [1.54, 1.807) is 6.92 Å². The highest BCUT2D eigenvalue weighted by Crippen LogP contribution is 2.37. The average molecular weight is 326 g/mol. The van der Waals surface area contributed by atoms with E-state index >= 15 is 0 Å². The Kier molecular flexibility index (Phi) is 7.08. The number of Topliss-reactive ketones (excluding diaryl/α,β-unsaturated/α-hetero) is 1. The lowest BCUT2D eigenvalue weighted by Crippen LogP contribution is -2.39. The van der Waals surface area contributed by atoms with Crippen molar-refractivity contribution in [3.05, 3.63) is 0 Å². The molecule has 23 heavy (non-hydrogen) atoms. The van der Waals surface area contributed by atoms with Crippen LogP contribution >= 0.6 is 0 Å². The molecule has 0 spiro atoms. The Labute approximate surface area is 144 Å². The maximum Gasteiger partial charge on any atom is 0.220 e. The van der Waals surface area contributed by atoms with Gasteiger partial charge in [0, 0.05) is 18.4 Å². The van der Waals surface area contributed by atoms with Gasteiger partial charge in [-0.25, -0.2) is 0 Å². The van der Waals surface area contributed by atoms with Crippen LogP contribution in [0.5, 0.6) is 0 Å². The maximum absolute atomic E-state index is 12.3. The van der Waals surface area contributed by atoms with Crippen LogP contribution in [-0.4, -0.2) is 18.2 Å². The van der Waals surface area contributed by atoms with Gasteiger partial charge in [-0.15, -0.1) is 0 Å². The molecule has 0 radical (unpaired) electrons. The fourth-order valence-corrected chi connectivity index (χ4v) is 3.72. The molecule has 0 saturated carbocycles. The third-order valence-electron chi connectivity index (χ3n) is 4.29. The molecule has 0 aromatic heterocycles. The molecule has 1 N–H and O–H groups in total. The lowest BCUT2D eigenvalue weighted by molar-refractivity contribution is -0.129. The zero-order chi connectivity index (χ0) is 18.7. The molecule has 1 amide bonds. The summed E-state index contributed by atoms with van der Waals surface area (Å²) in [5.74, 6) is 0.258. The Morgan fingerprint density at radius 2 is 1.26 bits per heavy atom. The van der Waals surface area contributed by atoms with Crippen LogP contribution in [0.3, 0.4) is 0 Å². The summed E-state index contributed by atoms with van der Waals surface area (Å²) in [5.41, 5.74) is -0.238. The first kappa shape index (κ1) is 22.1. The van der Waals surface area contributed by atoms with Crippen LogP contribution in [0.1, 0.15) is 88.5 Å². The lowest BCUT2D eigenvalue weighted by Gasteiger charge is -2.34. The minimum Gasteiger partial charge on any atom is -0.356 e. The molecule has 0 aliphatic heterocycles.